The van der Waals surface area contributed by atoms with Gasteiger partial charge in [0.05, 0.1) is 13.2 Å². The predicted molar refractivity (Wildman–Crippen MR) is 82.6 cm³/mol. The molecule has 0 amide bonds. The largest absolute Gasteiger partial charge is 0.493 e. The number of rotatable bonds is 1. The highest BCUT2D eigenvalue weighted by Gasteiger charge is 2.65. The molecule has 1 aromatic rings. The van der Waals surface area contributed by atoms with Crippen LogP contribution in [0.4, 0.5) is 0 Å². The Labute approximate surface area is 131 Å². The van der Waals surface area contributed by atoms with Crippen LogP contribution in [0.3, 0.4) is 0 Å². The third-order valence-corrected chi connectivity index (χ3v) is 6.77. The number of methoxy groups -OCH3 is 1. The summed E-state index contributed by atoms with van der Waals surface area (Å²) in [6.45, 7) is 1.09. The molecule has 1 saturated heterocycles. The molecule has 2 fully saturated rings. The quantitative estimate of drug-likeness (QED) is 0.858. The fourth-order valence-electron chi connectivity index (χ4n) is 5.86. The minimum atomic E-state index is -0.358. The van der Waals surface area contributed by atoms with Gasteiger partial charge in [0.1, 0.15) is 6.10 Å². The van der Waals surface area contributed by atoms with Gasteiger partial charge >= 0.3 is 0 Å². The Morgan fingerprint density at radius 2 is 2.23 bits per heavy atom. The smallest absolute Gasteiger partial charge is 0.165 e. The number of hydrogen-bond donors (Lipinski definition) is 1. The summed E-state index contributed by atoms with van der Waals surface area (Å²) in [5.41, 5.74) is 2.77. The molecule has 1 N–H and O–H groups in total. The second kappa shape index (κ2) is 4.18. The van der Waals surface area contributed by atoms with Crippen LogP contribution < -0.4 is 9.47 Å². The Kier molecular flexibility index (Phi) is 2.51. The summed E-state index contributed by atoms with van der Waals surface area (Å²) in [4.78, 5) is 2.52. The summed E-state index contributed by atoms with van der Waals surface area (Å²) in [7, 11) is 3.96. The number of hydrogen-bond acceptors (Lipinski definition) is 4. The SMILES string of the molecule is COc1ccc2c3c1OC1C(O)CC[C@@H]4C(C2)N(C)CC[C@@]314. The average molecular weight is 301 g/mol. The monoisotopic (exact) mass is 301 g/mol. The lowest BCUT2D eigenvalue weighted by molar-refractivity contribution is -0.0993. The van der Waals surface area contributed by atoms with Crippen LogP contribution in [0.25, 0.3) is 0 Å². The van der Waals surface area contributed by atoms with Crippen molar-refractivity contribution in [3.05, 3.63) is 23.3 Å². The van der Waals surface area contributed by atoms with Crippen LogP contribution in [0, 0.1) is 5.92 Å². The molecule has 1 saturated carbocycles. The molecule has 5 atom stereocenters. The summed E-state index contributed by atoms with van der Waals surface area (Å²) in [5, 5.41) is 10.6. The van der Waals surface area contributed by atoms with Crippen molar-refractivity contribution in [3.8, 4) is 11.5 Å². The van der Waals surface area contributed by atoms with Crippen molar-refractivity contribution in [2.24, 2.45) is 5.92 Å². The van der Waals surface area contributed by atoms with Crippen molar-refractivity contribution in [1.29, 1.82) is 0 Å². The van der Waals surface area contributed by atoms with Gasteiger partial charge in [-0.05, 0) is 56.8 Å². The molecule has 4 nitrogen and oxygen atoms in total. The van der Waals surface area contributed by atoms with Crippen molar-refractivity contribution in [1.82, 2.24) is 4.90 Å². The molecule has 4 heteroatoms. The van der Waals surface area contributed by atoms with Crippen LogP contribution >= 0.6 is 0 Å². The van der Waals surface area contributed by atoms with Gasteiger partial charge in [-0.25, -0.2) is 0 Å². The summed E-state index contributed by atoms with van der Waals surface area (Å²) < 4.78 is 11.9. The molecule has 0 aromatic heterocycles. The molecule has 118 valence electrons. The van der Waals surface area contributed by atoms with E-state index in [-0.39, 0.29) is 17.6 Å². The number of nitrogens with zero attached hydrogens (tertiary/aromatic N) is 1. The highest BCUT2D eigenvalue weighted by Crippen LogP contribution is 2.63. The third-order valence-electron chi connectivity index (χ3n) is 6.77. The Balaban J connectivity index is 1.80. The van der Waals surface area contributed by atoms with E-state index in [1.165, 1.54) is 11.1 Å². The van der Waals surface area contributed by atoms with Gasteiger partial charge in [0, 0.05) is 17.0 Å². The number of piperidine rings is 1. The molecule has 1 spiro atoms. The number of likely N-dealkylation sites (N-methyl/N-ethyl adjacent to an activating group) is 1. The van der Waals surface area contributed by atoms with Crippen LogP contribution in [-0.2, 0) is 11.8 Å². The van der Waals surface area contributed by atoms with Crippen molar-refractivity contribution >= 4 is 0 Å². The first-order valence-electron chi connectivity index (χ1n) is 8.42. The molecule has 2 aliphatic heterocycles. The van der Waals surface area contributed by atoms with E-state index in [4.69, 9.17) is 9.47 Å². The number of benzene rings is 1. The molecule has 2 heterocycles. The molecule has 4 aliphatic rings. The van der Waals surface area contributed by atoms with Crippen molar-refractivity contribution < 1.29 is 14.6 Å². The van der Waals surface area contributed by atoms with Gasteiger partial charge in [-0.1, -0.05) is 6.07 Å². The first kappa shape index (κ1) is 13.2. The summed E-state index contributed by atoms with van der Waals surface area (Å²) in [6, 6.07) is 4.83. The number of aliphatic hydroxyl groups is 1. The Bertz CT molecular complexity index is 645. The maximum absolute atomic E-state index is 10.6. The lowest BCUT2D eigenvalue weighted by Gasteiger charge is -2.58. The third kappa shape index (κ3) is 1.32. The van der Waals surface area contributed by atoms with Gasteiger partial charge in [0.25, 0.3) is 0 Å². The molecule has 3 unspecified atom stereocenters. The average Bonchev–Trinajstić information content (AvgIpc) is 2.88. The van der Waals surface area contributed by atoms with Gasteiger partial charge in [-0.2, -0.15) is 0 Å². The Morgan fingerprint density at radius 1 is 1.36 bits per heavy atom. The topological polar surface area (TPSA) is 41.9 Å². The Hall–Kier alpha value is -1.26. The molecule has 0 radical (unpaired) electrons. The highest BCUT2D eigenvalue weighted by atomic mass is 16.5. The first-order chi connectivity index (χ1) is 10.7. The van der Waals surface area contributed by atoms with E-state index in [9.17, 15) is 5.11 Å². The predicted octanol–water partition coefficient (Wildman–Crippen LogP) is 1.73. The molecule has 5 rings (SSSR count). The van der Waals surface area contributed by atoms with Crippen LogP contribution in [0.2, 0.25) is 0 Å². The molecular formula is C18H23NO3. The van der Waals surface area contributed by atoms with Crippen LogP contribution in [0.1, 0.15) is 30.4 Å². The van der Waals surface area contributed by atoms with Gasteiger partial charge in [0.15, 0.2) is 11.5 Å². The molecule has 22 heavy (non-hydrogen) atoms. The van der Waals surface area contributed by atoms with Gasteiger partial charge in [0.2, 0.25) is 0 Å². The van der Waals surface area contributed by atoms with E-state index in [2.05, 4.69) is 18.0 Å². The normalized spacial score (nSPS) is 41.8. The molecule has 2 bridgehead atoms. The van der Waals surface area contributed by atoms with Gasteiger partial charge < -0.3 is 19.5 Å². The van der Waals surface area contributed by atoms with Gasteiger partial charge in [-0.3, -0.25) is 0 Å². The lowest BCUT2D eigenvalue weighted by Crippen LogP contribution is -2.66. The zero-order valence-corrected chi connectivity index (χ0v) is 13.2. The highest BCUT2D eigenvalue weighted by molar-refractivity contribution is 5.61. The molecule has 1 aromatic carbocycles. The van der Waals surface area contributed by atoms with Crippen LogP contribution in [0.5, 0.6) is 11.5 Å². The van der Waals surface area contributed by atoms with Crippen LogP contribution in [0.15, 0.2) is 12.1 Å². The second-order valence-corrected chi connectivity index (χ2v) is 7.46. The fourth-order valence-corrected chi connectivity index (χ4v) is 5.86. The first-order valence-corrected chi connectivity index (χ1v) is 8.42. The zero-order valence-electron chi connectivity index (χ0n) is 13.2. The minimum Gasteiger partial charge on any atom is -0.493 e. The van der Waals surface area contributed by atoms with Crippen LogP contribution in [-0.4, -0.2) is 49.0 Å². The second-order valence-electron chi connectivity index (χ2n) is 7.46. The summed E-state index contributed by atoms with van der Waals surface area (Å²) >= 11 is 0. The maximum atomic E-state index is 10.6. The van der Waals surface area contributed by atoms with Crippen molar-refractivity contribution in [3.63, 3.8) is 0 Å². The van der Waals surface area contributed by atoms with Crippen molar-refractivity contribution in [2.75, 3.05) is 20.7 Å². The van der Waals surface area contributed by atoms with E-state index in [0.717, 1.165) is 43.7 Å². The zero-order chi connectivity index (χ0) is 15.1. The summed E-state index contributed by atoms with van der Waals surface area (Å²) in [6.07, 6.45) is 3.69. The Morgan fingerprint density at radius 3 is 3.05 bits per heavy atom. The van der Waals surface area contributed by atoms with E-state index in [0.29, 0.717) is 12.0 Å². The number of likely N-dealkylation sites (tertiary alicyclic amines) is 1. The van der Waals surface area contributed by atoms with E-state index in [1.807, 2.05) is 6.07 Å². The van der Waals surface area contributed by atoms with Crippen molar-refractivity contribution in [2.45, 2.75) is 49.3 Å². The lowest BCUT2D eigenvalue weighted by atomic mass is 9.51. The minimum absolute atomic E-state index is 0.00625. The van der Waals surface area contributed by atoms with E-state index in [1.54, 1.807) is 7.11 Å². The molecule has 2 aliphatic carbocycles. The summed E-state index contributed by atoms with van der Waals surface area (Å²) in [5.74, 6) is 2.34. The van der Waals surface area contributed by atoms with E-state index < -0.39 is 0 Å². The number of ether oxygens (including phenoxy) is 2. The fraction of sp³-hybridized carbons (Fsp3) is 0.667. The standard InChI is InChI=1S/C18H23NO3/c1-19-8-7-18-11-4-5-13(20)17(18)22-16-14(21-2)6-3-10(15(16)18)9-12(11)19/h3,6,11-13,17,20H,4-5,7-9H2,1-2H3/t11-,12?,13?,17?,18-/m1/s1. The molecular weight excluding hydrogens is 278 g/mol. The van der Waals surface area contributed by atoms with E-state index >= 15 is 0 Å². The maximum Gasteiger partial charge on any atom is 0.165 e. The van der Waals surface area contributed by atoms with Gasteiger partial charge in [-0.15, -0.1) is 0 Å². The number of aliphatic hydroxyl groups excluding tert-OH is 1.